The van der Waals surface area contributed by atoms with Gasteiger partial charge in [0.2, 0.25) is 0 Å². The Morgan fingerprint density at radius 1 is 0.254 bits per heavy atom. The molecule has 0 saturated carbocycles. The maximum absolute atomic E-state index is 10.0. The minimum atomic E-state index is -1.01. The van der Waals surface area contributed by atoms with E-state index in [-0.39, 0.29) is 38.5 Å². The molecule has 0 spiro atoms. The number of rotatable bonds is 0. The van der Waals surface area contributed by atoms with Crippen LogP contribution in [-0.2, 0) is 71.3 Å². The van der Waals surface area contributed by atoms with Crippen LogP contribution in [-0.4, -0.2) is 73.7 Å². The molecule has 0 heterocycles. The van der Waals surface area contributed by atoms with Crippen molar-refractivity contribution >= 4 is 47.8 Å². The van der Waals surface area contributed by atoms with Crippen LogP contribution in [0.25, 0.3) is 0 Å². The first-order chi connectivity index (χ1) is 23.5. The molecule has 0 atom stereocenters. The molecule has 0 aromatic carbocycles. The van der Waals surface area contributed by atoms with E-state index in [1.807, 2.05) is 0 Å². The normalized spacial score (nSPS) is 10.7. The van der Waals surface area contributed by atoms with Crippen LogP contribution in [0.5, 0.6) is 0 Å². The number of carbonyl (C=O) groups is 8. The number of hydrogen-bond donors (Lipinski definition) is 4. The predicted molar refractivity (Wildman–Crippen MR) is 210 cm³/mol. The SMILES string of the molecule is CC(C)(C)C(=O)O.CC(C)(C)C(=O)O.CC(C)(C)C(=O)O.CC(C)(C)C(=O)O.CC(C)(C)C(=O)[O-].CC(C)(C)C(=O)[O-].CC(C)(C)C(=O)[O-].CC(C)(C)C(=O)[O-].O.[Ni+2].[Ni+2]. The Hall–Kier alpha value is -3.29. The molecular weight excluding hydrogens is 870 g/mol. The minimum Gasteiger partial charge on any atom is -0.550 e. The smallest absolute Gasteiger partial charge is 0.550 e. The van der Waals surface area contributed by atoms with Crippen molar-refractivity contribution in [2.24, 2.45) is 43.3 Å². The average molecular weight is 948 g/mol. The molecule has 0 aromatic rings. The van der Waals surface area contributed by atoms with E-state index in [9.17, 15) is 58.8 Å². The molecule has 6 N–H and O–H groups in total. The topological polar surface area (TPSA) is 341 Å². The van der Waals surface area contributed by atoms with Crippen molar-refractivity contribution in [3.8, 4) is 0 Å². The summed E-state index contributed by atoms with van der Waals surface area (Å²) in [6.45, 7) is 39.1. The molecule has 360 valence electrons. The molecule has 0 bridgehead atoms. The number of carboxylic acids is 8. The standard InChI is InChI=1S/8C5H10O2.2Ni.H2O/c8*1-5(2,3)4(6)7;;;/h8*1-3H3,(H,6,7);;;1H2/q;;;;;;;;2*+2;/p-4. The number of aliphatic carboxylic acids is 8. The second-order valence-corrected chi connectivity index (χ2v) is 20.4. The fourth-order valence-corrected chi connectivity index (χ4v) is 0. The molecule has 0 aliphatic carbocycles. The largest absolute Gasteiger partial charge is 2.00 e. The van der Waals surface area contributed by atoms with Crippen LogP contribution >= 0.6 is 0 Å². The Balaban J connectivity index is -0.0000000492. The van der Waals surface area contributed by atoms with E-state index in [0.29, 0.717) is 0 Å². The van der Waals surface area contributed by atoms with E-state index >= 15 is 0 Å². The molecule has 0 unspecified atom stereocenters. The Bertz CT molecular complexity index is 931. The van der Waals surface area contributed by atoms with Gasteiger partial charge in [0, 0.05) is 45.5 Å². The van der Waals surface area contributed by atoms with Gasteiger partial charge in [-0.3, -0.25) is 19.2 Å². The zero-order valence-corrected chi connectivity index (χ0v) is 41.8. The van der Waals surface area contributed by atoms with Gasteiger partial charge in [0.1, 0.15) is 0 Å². The van der Waals surface area contributed by atoms with Crippen molar-refractivity contribution in [2.45, 2.75) is 166 Å². The molecule has 0 rings (SSSR count). The molecule has 0 amide bonds. The summed E-state index contributed by atoms with van der Waals surface area (Å²) in [5, 5.41) is 72.6. The van der Waals surface area contributed by atoms with Gasteiger partial charge in [0.25, 0.3) is 0 Å². The molecule has 19 heteroatoms. The van der Waals surface area contributed by atoms with Gasteiger partial charge in [-0.1, -0.05) is 83.1 Å². The van der Waals surface area contributed by atoms with Crippen LogP contribution in [0, 0.1) is 43.3 Å². The second-order valence-electron chi connectivity index (χ2n) is 20.4. The fourth-order valence-electron chi connectivity index (χ4n) is 0. The summed E-state index contributed by atoms with van der Waals surface area (Å²) in [4.78, 5) is 79.7. The summed E-state index contributed by atoms with van der Waals surface area (Å²) in [6.07, 6.45) is 0. The van der Waals surface area contributed by atoms with Gasteiger partial charge in [0.05, 0.1) is 21.7 Å². The van der Waals surface area contributed by atoms with Crippen LogP contribution in [0.2, 0.25) is 0 Å². The van der Waals surface area contributed by atoms with Crippen molar-refractivity contribution in [1.29, 1.82) is 0 Å². The predicted octanol–water partition coefficient (Wildman–Crippen LogP) is 2.77. The average Bonchev–Trinajstić information content (AvgIpc) is 2.86. The fraction of sp³-hybridized carbons (Fsp3) is 0.800. The Kier molecular flexibility index (Phi) is 47.3. The van der Waals surface area contributed by atoms with E-state index in [2.05, 4.69) is 0 Å². The molecule has 0 aliphatic heterocycles. The van der Waals surface area contributed by atoms with Gasteiger partial charge < -0.3 is 65.5 Å². The third-order valence-electron chi connectivity index (χ3n) is 5.02. The van der Waals surface area contributed by atoms with Crippen LogP contribution in [0.15, 0.2) is 0 Å². The molecule has 0 radical (unpaired) electrons. The van der Waals surface area contributed by atoms with Crippen molar-refractivity contribution in [1.82, 2.24) is 0 Å². The summed E-state index contributed by atoms with van der Waals surface area (Å²) < 4.78 is 0. The zero-order valence-electron chi connectivity index (χ0n) is 39.8. The van der Waals surface area contributed by atoms with Gasteiger partial charge in [-0.25, -0.2) is 0 Å². The van der Waals surface area contributed by atoms with Crippen molar-refractivity contribution in [2.75, 3.05) is 0 Å². The first-order valence-corrected chi connectivity index (χ1v) is 17.3. The van der Waals surface area contributed by atoms with Crippen molar-refractivity contribution < 1.29 is 118 Å². The monoisotopic (exact) mass is 946 g/mol. The zero-order chi connectivity index (χ0) is 48.6. The van der Waals surface area contributed by atoms with Crippen LogP contribution in [0.1, 0.15) is 166 Å². The summed E-state index contributed by atoms with van der Waals surface area (Å²) in [5.41, 5.74) is -5.11. The maximum atomic E-state index is 10.0. The molecule has 0 aliphatic rings. The van der Waals surface area contributed by atoms with Gasteiger partial charge in [0.15, 0.2) is 0 Å². The van der Waals surface area contributed by atoms with Gasteiger partial charge in [-0.15, -0.1) is 0 Å². The van der Waals surface area contributed by atoms with Crippen LogP contribution in [0.4, 0.5) is 0 Å². The Morgan fingerprint density at radius 2 is 0.288 bits per heavy atom. The van der Waals surface area contributed by atoms with E-state index in [0.717, 1.165) is 0 Å². The summed E-state index contributed by atoms with van der Waals surface area (Å²) in [5.74, 6) is -7.06. The number of carbonyl (C=O) groups excluding carboxylic acids is 4. The van der Waals surface area contributed by atoms with Gasteiger partial charge in [-0.05, 0) is 83.1 Å². The Morgan fingerprint density at radius 3 is 0.288 bits per heavy atom. The molecular formula is C40H78Ni2O17. The van der Waals surface area contributed by atoms with E-state index < -0.39 is 91.1 Å². The molecule has 17 nitrogen and oxygen atoms in total. The quantitative estimate of drug-likeness (QED) is 0.254. The van der Waals surface area contributed by atoms with Crippen molar-refractivity contribution in [3.63, 3.8) is 0 Å². The second kappa shape index (κ2) is 33.4. The minimum absolute atomic E-state index is 0. The van der Waals surface area contributed by atoms with Crippen molar-refractivity contribution in [3.05, 3.63) is 0 Å². The molecule has 59 heavy (non-hydrogen) atoms. The third kappa shape index (κ3) is 76.0. The van der Waals surface area contributed by atoms with Gasteiger partial charge >= 0.3 is 56.9 Å². The first kappa shape index (κ1) is 83.4. The first-order valence-electron chi connectivity index (χ1n) is 17.3. The summed E-state index contributed by atoms with van der Waals surface area (Å²) >= 11 is 0. The number of carboxylic acid groups (broad SMARTS) is 8. The molecule has 0 aromatic heterocycles. The third-order valence-corrected chi connectivity index (χ3v) is 5.02. The number of hydrogen-bond acceptors (Lipinski definition) is 12. The Labute approximate surface area is 373 Å². The summed E-state index contributed by atoms with van der Waals surface area (Å²) in [7, 11) is 0. The van der Waals surface area contributed by atoms with E-state index in [1.54, 1.807) is 166 Å². The van der Waals surface area contributed by atoms with Crippen LogP contribution < -0.4 is 20.4 Å². The van der Waals surface area contributed by atoms with E-state index in [4.69, 9.17) is 20.4 Å². The van der Waals surface area contributed by atoms with Crippen LogP contribution in [0.3, 0.4) is 0 Å². The maximum Gasteiger partial charge on any atom is 2.00 e. The van der Waals surface area contributed by atoms with E-state index in [1.165, 1.54) is 0 Å². The molecule has 0 saturated heterocycles. The molecule has 0 fully saturated rings. The van der Waals surface area contributed by atoms with Gasteiger partial charge in [-0.2, -0.15) is 0 Å². The summed E-state index contributed by atoms with van der Waals surface area (Å²) in [6, 6.07) is 0.